The molecule has 1 unspecified atom stereocenters. The molecule has 1 atom stereocenters. The largest absolute Gasteiger partial charge is 0.481 e. The van der Waals surface area contributed by atoms with Gasteiger partial charge in [0.2, 0.25) is 0 Å². The number of phosphoric acid groups is 2. The van der Waals surface area contributed by atoms with Gasteiger partial charge in [0.25, 0.3) is 0 Å². The number of anilines is 1. The summed E-state index contributed by atoms with van der Waals surface area (Å²) in [5, 5.41) is 2.97. The Balaban J connectivity index is 2.36. The molecule has 10 nitrogen and oxygen atoms in total. The second-order valence-corrected chi connectivity index (χ2v) is 10.8. The van der Waals surface area contributed by atoms with Crippen LogP contribution >= 0.6 is 15.6 Å². The van der Waals surface area contributed by atoms with E-state index in [0.29, 0.717) is 12.0 Å². The van der Waals surface area contributed by atoms with E-state index in [2.05, 4.69) is 20.2 Å². The SMILES string of the molecule is CNc1ccccc1C(=O)OC/C(C)=C/CC/C(C)=C/CC/C(C)=C/COP(=O)(O)OP(=O)(O)O. The summed E-state index contributed by atoms with van der Waals surface area (Å²) < 4.78 is 35.6. The number of hydrogen-bond donors (Lipinski definition) is 4. The number of para-hydroxylation sites is 1. The standard InChI is InChI=1S/C23H35NO9P2/c1-18(9-7-11-19(2)15-16-32-35(29,30)33-34(26,27)28)10-8-12-20(3)17-31-23(25)21-13-5-6-14-22(21)24-4/h5-6,9,12-15,24H,7-8,10-11,16-17H2,1-4H3,(H,29,30)(H2,26,27,28)/b18-9+,19-15+,20-12+. The number of esters is 1. The summed E-state index contributed by atoms with van der Waals surface area (Å²) in [5.74, 6) is -0.372. The maximum Gasteiger partial charge on any atom is 0.481 e. The first-order valence-electron chi connectivity index (χ1n) is 11.0. The lowest BCUT2D eigenvalue weighted by Gasteiger charge is -2.11. The van der Waals surface area contributed by atoms with Crippen LogP contribution < -0.4 is 5.32 Å². The predicted octanol–water partition coefficient (Wildman–Crippen LogP) is 5.51. The first-order valence-corrected chi connectivity index (χ1v) is 14.0. The predicted molar refractivity (Wildman–Crippen MR) is 135 cm³/mol. The molecule has 0 bridgehead atoms. The Morgan fingerprint density at radius 2 is 1.51 bits per heavy atom. The number of allylic oxidation sites excluding steroid dienone is 4. The van der Waals surface area contributed by atoms with Gasteiger partial charge in [-0.3, -0.25) is 4.52 Å². The van der Waals surface area contributed by atoms with Crippen molar-refractivity contribution in [2.24, 2.45) is 0 Å². The quantitative estimate of drug-likeness (QED) is 0.129. The zero-order chi connectivity index (χ0) is 26.5. The second kappa shape index (κ2) is 15.2. The van der Waals surface area contributed by atoms with E-state index in [1.54, 1.807) is 25.3 Å². The van der Waals surface area contributed by atoms with Crippen molar-refractivity contribution in [1.82, 2.24) is 0 Å². The lowest BCUT2D eigenvalue weighted by atomic mass is 10.1. The van der Waals surface area contributed by atoms with E-state index in [4.69, 9.17) is 14.5 Å². The van der Waals surface area contributed by atoms with E-state index in [-0.39, 0.29) is 19.2 Å². The van der Waals surface area contributed by atoms with Crippen LogP contribution in [0.2, 0.25) is 0 Å². The van der Waals surface area contributed by atoms with E-state index >= 15 is 0 Å². The molecule has 0 heterocycles. The number of nitrogens with one attached hydrogen (secondary N) is 1. The molecule has 196 valence electrons. The molecule has 1 aromatic carbocycles. The molecular formula is C23H35NO9P2. The van der Waals surface area contributed by atoms with Gasteiger partial charge in [0.1, 0.15) is 6.61 Å². The van der Waals surface area contributed by atoms with Gasteiger partial charge in [0.05, 0.1) is 12.2 Å². The normalized spacial score (nSPS) is 15.0. The summed E-state index contributed by atoms with van der Waals surface area (Å²) >= 11 is 0. The summed E-state index contributed by atoms with van der Waals surface area (Å²) in [5.41, 5.74) is 4.28. The van der Waals surface area contributed by atoms with Gasteiger partial charge in [-0.25, -0.2) is 13.9 Å². The Labute approximate surface area is 206 Å². The Morgan fingerprint density at radius 1 is 0.943 bits per heavy atom. The Morgan fingerprint density at radius 3 is 2.11 bits per heavy atom. The van der Waals surface area contributed by atoms with Gasteiger partial charge in [-0.15, -0.1) is 0 Å². The van der Waals surface area contributed by atoms with E-state index < -0.39 is 15.6 Å². The van der Waals surface area contributed by atoms with E-state index in [1.165, 1.54) is 5.57 Å². The molecule has 0 spiro atoms. The number of phosphoric ester groups is 1. The highest BCUT2D eigenvalue weighted by molar-refractivity contribution is 7.60. The molecule has 0 saturated heterocycles. The van der Waals surface area contributed by atoms with Crippen molar-refractivity contribution in [2.45, 2.75) is 46.5 Å². The summed E-state index contributed by atoms with van der Waals surface area (Å²) in [6, 6.07) is 7.17. The van der Waals surface area contributed by atoms with Crippen molar-refractivity contribution >= 4 is 27.3 Å². The zero-order valence-corrected chi connectivity index (χ0v) is 22.3. The van der Waals surface area contributed by atoms with Crippen molar-refractivity contribution in [2.75, 3.05) is 25.6 Å². The van der Waals surface area contributed by atoms with Crippen LogP contribution in [-0.2, 0) is 22.7 Å². The third-order valence-corrected chi connectivity index (χ3v) is 6.94. The molecule has 0 amide bonds. The molecule has 0 aromatic heterocycles. The van der Waals surface area contributed by atoms with Crippen LogP contribution in [0.3, 0.4) is 0 Å². The number of ether oxygens (including phenoxy) is 1. The molecule has 0 aliphatic heterocycles. The molecule has 1 aromatic rings. The fraction of sp³-hybridized carbons (Fsp3) is 0.435. The Kier molecular flexibility index (Phi) is 13.4. The van der Waals surface area contributed by atoms with E-state index in [0.717, 1.165) is 36.1 Å². The molecule has 35 heavy (non-hydrogen) atoms. The van der Waals surface area contributed by atoms with Gasteiger partial charge in [-0.2, -0.15) is 4.31 Å². The van der Waals surface area contributed by atoms with Gasteiger partial charge < -0.3 is 24.7 Å². The maximum absolute atomic E-state index is 12.3. The first kappa shape index (κ1) is 31.0. The van der Waals surface area contributed by atoms with Gasteiger partial charge in [-0.05, 0) is 64.2 Å². The minimum absolute atomic E-state index is 0.228. The lowest BCUT2D eigenvalue weighted by molar-refractivity contribution is 0.0540. The van der Waals surface area contributed by atoms with Crippen molar-refractivity contribution < 1.29 is 42.2 Å². The first-order chi connectivity index (χ1) is 16.3. The van der Waals surface area contributed by atoms with Gasteiger partial charge in [-0.1, -0.05) is 41.5 Å². The van der Waals surface area contributed by atoms with Crippen molar-refractivity contribution in [3.63, 3.8) is 0 Å². The van der Waals surface area contributed by atoms with Crippen LogP contribution in [0.5, 0.6) is 0 Å². The average molecular weight is 531 g/mol. The van der Waals surface area contributed by atoms with Crippen molar-refractivity contribution in [3.8, 4) is 0 Å². The number of carbonyl (C=O) groups excluding carboxylic acids is 1. The van der Waals surface area contributed by atoms with Crippen LogP contribution in [-0.4, -0.2) is 40.9 Å². The molecule has 0 fully saturated rings. The summed E-state index contributed by atoms with van der Waals surface area (Å²) in [6.07, 6.45) is 8.81. The van der Waals surface area contributed by atoms with Gasteiger partial charge in [0.15, 0.2) is 0 Å². The van der Waals surface area contributed by atoms with Crippen LogP contribution in [0, 0.1) is 0 Å². The van der Waals surface area contributed by atoms with Crippen molar-refractivity contribution in [3.05, 3.63) is 64.8 Å². The average Bonchev–Trinajstić information content (AvgIpc) is 2.75. The minimum atomic E-state index is -5.12. The molecule has 0 aliphatic rings. The lowest BCUT2D eigenvalue weighted by Crippen LogP contribution is -2.09. The van der Waals surface area contributed by atoms with E-state index in [1.807, 2.05) is 39.0 Å². The third-order valence-electron chi connectivity index (χ3n) is 4.79. The Bertz CT molecular complexity index is 1030. The highest BCUT2D eigenvalue weighted by Crippen LogP contribution is 2.57. The van der Waals surface area contributed by atoms with Crippen molar-refractivity contribution in [1.29, 1.82) is 0 Å². The number of rotatable bonds is 15. The third kappa shape index (κ3) is 14.2. The summed E-state index contributed by atoms with van der Waals surface area (Å²) in [7, 11) is -8.18. The van der Waals surface area contributed by atoms with Gasteiger partial charge >= 0.3 is 21.6 Å². The molecule has 0 radical (unpaired) electrons. The van der Waals surface area contributed by atoms with Crippen LogP contribution in [0.25, 0.3) is 0 Å². The minimum Gasteiger partial charge on any atom is -0.458 e. The molecule has 0 aliphatic carbocycles. The molecule has 4 N–H and O–H groups in total. The van der Waals surface area contributed by atoms with Crippen LogP contribution in [0.15, 0.2) is 59.2 Å². The summed E-state index contributed by atoms with van der Waals surface area (Å²) in [4.78, 5) is 38.6. The number of carbonyl (C=O) groups is 1. The molecule has 0 saturated carbocycles. The van der Waals surface area contributed by atoms with Gasteiger partial charge in [0, 0.05) is 12.7 Å². The maximum atomic E-state index is 12.3. The Hall–Kier alpha value is -2.03. The molecule has 1 rings (SSSR count). The highest BCUT2D eigenvalue weighted by Gasteiger charge is 2.31. The second-order valence-electron chi connectivity index (χ2n) is 7.94. The summed E-state index contributed by atoms with van der Waals surface area (Å²) in [6.45, 7) is 5.69. The molecular weight excluding hydrogens is 496 g/mol. The highest BCUT2D eigenvalue weighted by atomic mass is 31.3. The monoisotopic (exact) mass is 531 g/mol. The number of hydrogen-bond acceptors (Lipinski definition) is 7. The zero-order valence-electron chi connectivity index (χ0n) is 20.5. The number of benzene rings is 1. The fourth-order valence-corrected chi connectivity index (χ4v) is 4.45. The van der Waals surface area contributed by atoms with Crippen LogP contribution in [0.4, 0.5) is 5.69 Å². The smallest absolute Gasteiger partial charge is 0.458 e. The van der Waals surface area contributed by atoms with E-state index in [9.17, 15) is 18.8 Å². The fourth-order valence-electron chi connectivity index (χ4n) is 2.92. The molecule has 12 heteroatoms. The topological polar surface area (TPSA) is 152 Å². The van der Waals surface area contributed by atoms with Crippen LogP contribution in [0.1, 0.15) is 56.8 Å².